The molecule has 22 heavy (non-hydrogen) atoms. The number of hydrogen-bond acceptors (Lipinski definition) is 4. The van der Waals surface area contributed by atoms with Crippen molar-refractivity contribution in [2.45, 2.75) is 33.6 Å². The number of benzene rings is 1. The van der Waals surface area contributed by atoms with Crippen LogP contribution in [0, 0.1) is 5.41 Å². The first-order valence-electron chi connectivity index (χ1n) is 7.60. The van der Waals surface area contributed by atoms with Gasteiger partial charge in [0.25, 0.3) is 0 Å². The predicted octanol–water partition coefficient (Wildman–Crippen LogP) is 3.31. The fraction of sp³-hybridized carbons (Fsp3) is 0.444. The maximum Gasteiger partial charge on any atom is 0.324 e. The second-order valence-electron chi connectivity index (χ2n) is 4.96. The molecule has 0 aliphatic heterocycles. The number of allylic oxidation sites excluding steroid dienone is 2. The second-order valence-corrected chi connectivity index (χ2v) is 4.96. The summed E-state index contributed by atoms with van der Waals surface area (Å²) in [5, 5.41) is 0. The minimum atomic E-state index is -1.33. The zero-order valence-corrected chi connectivity index (χ0v) is 13.5. The third kappa shape index (κ3) is 4.45. The summed E-state index contributed by atoms with van der Waals surface area (Å²) in [7, 11) is 0. The molecule has 0 bridgehead atoms. The molecule has 120 valence electrons. The first-order valence-corrected chi connectivity index (χ1v) is 7.60. The topological polar surface area (TPSA) is 52.6 Å². The second kappa shape index (κ2) is 9.03. The third-order valence-corrected chi connectivity index (χ3v) is 3.38. The Labute approximate surface area is 132 Å². The summed E-state index contributed by atoms with van der Waals surface area (Å²) in [5.74, 6) is -1.06. The van der Waals surface area contributed by atoms with Crippen molar-refractivity contribution in [3.05, 3.63) is 48.0 Å². The molecular weight excluding hydrogens is 280 g/mol. The Kier molecular flexibility index (Phi) is 7.37. The molecule has 0 aliphatic rings. The number of rotatable bonds is 8. The first kappa shape index (κ1) is 18.0. The van der Waals surface area contributed by atoms with Crippen LogP contribution in [-0.2, 0) is 25.5 Å². The van der Waals surface area contributed by atoms with E-state index in [9.17, 15) is 9.59 Å². The van der Waals surface area contributed by atoms with Gasteiger partial charge >= 0.3 is 11.9 Å². The summed E-state index contributed by atoms with van der Waals surface area (Å²) in [6.07, 6.45) is 4.14. The molecule has 0 fully saturated rings. The van der Waals surface area contributed by atoms with Crippen LogP contribution < -0.4 is 0 Å². The van der Waals surface area contributed by atoms with Crippen molar-refractivity contribution in [2.24, 2.45) is 5.41 Å². The Hall–Kier alpha value is -2.10. The molecule has 4 heteroatoms. The quantitative estimate of drug-likeness (QED) is 0.420. The fourth-order valence-electron chi connectivity index (χ4n) is 2.27. The Morgan fingerprint density at radius 3 is 2.05 bits per heavy atom. The molecule has 4 nitrogen and oxygen atoms in total. The van der Waals surface area contributed by atoms with E-state index in [-0.39, 0.29) is 26.1 Å². The minimum Gasteiger partial charge on any atom is -0.465 e. The van der Waals surface area contributed by atoms with Crippen molar-refractivity contribution >= 4 is 11.9 Å². The van der Waals surface area contributed by atoms with Crippen molar-refractivity contribution in [3.8, 4) is 0 Å². The van der Waals surface area contributed by atoms with Crippen LogP contribution in [0.3, 0.4) is 0 Å². The highest BCUT2D eigenvalue weighted by molar-refractivity contribution is 6.00. The van der Waals surface area contributed by atoms with Gasteiger partial charge in [0.05, 0.1) is 13.2 Å². The molecule has 0 radical (unpaired) electrons. The molecule has 1 aromatic rings. The highest BCUT2D eigenvalue weighted by Gasteiger charge is 2.48. The lowest BCUT2D eigenvalue weighted by Gasteiger charge is -2.28. The average molecular weight is 304 g/mol. The fourth-order valence-corrected chi connectivity index (χ4v) is 2.27. The highest BCUT2D eigenvalue weighted by Crippen LogP contribution is 2.32. The van der Waals surface area contributed by atoms with Gasteiger partial charge in [-0.3, -0.25) is 9.59 Å². The molecule has 0 spiro atoms. The van der Waals surface area contributed by atoms with Crippen LogP contribution in [-0.4, -0.2) is 25.2 Å². The Balaban J connectivity index is 3.22. The number of carbonyl (C=O) groups excluding carboxylic acids is 2. The summed E-state index contributed by atoms with van der Waals surface area (Å²) in [5.41, 5.74) is -0.437. The zero-order chi connectivity index (χ0) is 16.4. The molecule has 0 atom stereocenters. The molecule has 0 saturated heterocycles. The van der Waals surface area contributed by atoms with E-state index in [2.05, 4.69) is 0 Å². The van der Waals surface area contributed by atoms with Crippen LogP contribution in [0.1, 0.15) is 32.8 Å². The number of ether oxygens (including phenoxy) is 2. The molecule has 0 N–H and O–H groups in total. The lowest BCUT2D eigenvalue weighted by molar-refractivity contribution is -0.171. The van der Waals surface area contributed by atoms with Crippen LogP contribution in [0.15, 0.2) is 42.5 Å². The van der Waals surface area contributed by atoms with Gasteiger partial charge in [-0.05, 0) is 39.2 Å². The SMILES string of the molecule is C/C=C/CC(Cc1ccccc1)(C(=O)OCC)C(=O)OCC. The van der Waals surface area contributed by atoms with E-state index in [1.54, 1.807) is 19.9 Å². The Morgan fingerprint density at radius 1 is 1.05 bits per heavy atom. The maximum atomic E-state index is 12.5. The van der Waals surface area contributed by atoms with Gasteiger partial charge in [0, 0.05) is 0 Å². The van der Waals surface area contributed by atoms with Crippen LogP contribution in [0.5, 0.6) is 0 Å². The lowest BCUT2D eigenvalue weighted by Crippen LogP contribution is -2.43. The van der Waals surface area contributed by atoms with Crippen molar-refractivity contribution in [1.82, 2.24) is 0 Å². The van der Waals surface area contributed by atoms with Gasteiger partial charge < -0.3 is 9.47 Å². The summed E-state index contributed by atoms with van der Waals surface area (Å²) in [6.45, 7) is 5.76. The Morgan fingerprint density at radius 2 is 1.59 bits per heavy atom. The van der Waals surface area contributed by atoms with Crippen molar-refractivity contribution < 1.29 is 19.1 Å². The van der Waals surface area contributed by atoms with Gasteiger partial charge in [-0.25, -0.2) is 0 Å². The van der Waals surface area contributed by atoms with Gasteiger partial charge in [0.1, 0.15) is 0 Å². The van der Waals surface area contributed by atoms with E-state index in [0.29, 0.717) is 0 Å². The molecule has 1 aromatic carbocycles. The summed E-state index contributed by atoms with van der Waals surface area (Å²) in [4.78, 5) is 25.1. The highest BCUT2D eigenvalue weighted by atomic mass is 16.6. The largest absolute Gasteiger partial charge is 0.465 e. The van der Waals surface area contributed by atoms with E-state index in [0.717, 1.165) is 5.56 Å². The molecule has 0 unspecified atom stereocenters. The minimum absolute atomic E-state index is 0.227. The van der Waals surface area contributed by atoms with Crippen molar-refractivity contribution in [2.75, 3.05) is 13.2 Å². The summed E-state index contributed by atoms with van der Waals surface area (Å²) in [6, 6.07) is 9.44. The maximum absolute atomic E-state index is 12.5. The predicted molar refractivity (Wildman–Crippen MR) is 85.3 cm³/mol. The van der Waals surface area contributed by atoms with Crippen molar-refractivity contribution in [3.63, 3.8) is 0 Å². The summed E-state index contributed by atoms with van der Waals surface area (Å²) >= 11 is 0. The van der Waals surface area contributed by atoms with Crippen LogP contribution in [0.4, 0.5) is 0 Å². The smallest absolute Gasteiger partial charge is 0.324 e. The first-order chi connectivity index (χ1) is 10.6. The summed E-state index contributed by atoms with van der Waals surface area (Å²) < 4.78 is 10.3. The van der Waals surface area contributed by atoms with Crippen molar-refractivity contribution in [1.29, 1.82) is 0 Å². The number of hydrogen-bond donors (Lipinski definition) is 0. The zero-order valence-electron chi connectivity index (χ0n) is 13.5. The molecule has 0 heterocycles. The van der Waals surface area contributed by atoms with E-state index in [4.69, 9.17) is 9.47 Å². The molecule has 0 aliphatic carbocycles. The third-order valence-electron chi connectivity index (χ3n) is 3.38. The molecule has 0 amide bonds. The van der Waals surface area contributed by atoms with Gasteiger partial charge in [0.15, 0.2) is 5.41 Å². The number of esters is 2. The van der Waals surface area contributed by atoms with Gasteiger partial charge in [0.2, 0.25) is 0 Å². The molecule has 0 aromatic heterocycles. The molecule has 0 saturated carbocycles. The number of carbonyl (C=O) groups is 2. The van der Waals surface area contributed by atoms with Gasteiger partial charge in [-0.1, -0.05) is 42.5 Å². The van der Waals surface area contributed by atoms with E-state index in [1.807, 2.05) is 43.3 Å². The monoisotopic (exact) mass is 304 g/mol. The van der Waals surface area contributed by atoms with Gasteiger partial charge in [-0.2, -0.15) is 0 Å². The van der Waals surface area contributed by atoms with Gasteiger partial charge in [-0.15, -0.1) is 0 Å². The van der Waals surface area contributed by atoms with Crippen LogP contribution >= 0.6 is 0 Å². The van der Waals surface area contributed by atoms with E-state index < -0.39 is 17.4 Å². The normalized spacial score (nSPS) is 11.4. The van der Waals surface area contributed by atoms with E-state index >= 15 is 0 Å². The van der Waals surface area contributed by atoms with Crippen LogP contribution in [0.2, 0.25) is 0 Å². The van der Waals surface area contributed by atoms with E-state index in [1.165, 1.54) is 0 Å². The van der Waals surface area contributed by atoms with Crippen LogP contribution in [0.25, 0.3) is 0 Å². The standard InChI is InChI=1S/C18H24O4/c1-4-7-13-18(16(19)21-5-2,17(20)22-6-3)14-15-11-9-8-10-12-15/h4,7-12H,5-6,13-14H2,1-3H3/b7-4+. The molecule has 1 rings (SSSR count). The molecular formula is C18H24O4. The average Bonchev–Trinajstić information content (AvgIpc) is 2.52. The Bertz CT molecular complexity index is 487. The lowest BCUT2D eigenvalue weighted by atomic mass is 9.78.